The Labute approximate surface area is 173 Å². The van der Waals surface area contributed by atoms with Crippen LogP contribution in [0.3, 0.4) is 0 Å². The summed E-state index contributed by atoms with van der Waals surface area (Å²) in [5, 5.41) is 0. The van der Waals surface area contributed by atoms with Gasteiger partial charge in [-0.1, -0.05) is 18.2 Å². The maximum absolute atomic E-state index is 11.9. The monoisotopic (exact) mass is 422 g/mol. The van der Waals surface area contributed by atoms with E-state index in [0.717, 1.165) is 11.1 Å². The molecule has 0 aliphatic carbocycles. The van der Waals surface area contributed by atoms with Crippen LogP contribution in [0.15, 0.2) is 30.3 Å². The first kappa shape index (κ1) is 22.6. The van der Waals surface area contributed by atoms with E-state index in [4.69, 9.17) is 23.7 Å². The molecule has 2 aromatic carbocycles. The summed E-state index contributed by atoms with van der Waals surface area (Å²) in [4.78, 5) is 0. The fourth-order valence-corrected chi connectivity index (χ4v) is 3.21. The van der Waals surface area contributed by atoms with Crippen molar-refractivity contribution in [2.45, 2.75) is 0 Å². The van der Waals surface area contributed by atoms with Gasteiger partial charge in [0.25, 0.3) is 0 Å². The van der Waals surface area contributed by atoms with Crippen LogP contribution in [0.25, 0.3) is 12.2 Å². The number of ether oxygens (including phenoxy) is 5. The van der Waals surface area contributed by atoms with Gasteiger partial charge in [-0.25, -0.2) is 0 Å². The summed E-state index contributed by atoms with van der Waals surface area (Å²) in [7, 11) is 4.22. The van der Waals surface area contributed by atoms with Gasteiger partial charge in [0.2, 0.25) is 5.75 Å². The highest BCUT2D eigenvalue weighted by molar-refractivity contribution is 8.01. The molecule has 0 saturated heterocycles. The molecule has 0 heterocycles. The van der Waals surface area contributed by atoms with E-state index in [9.17, 15) is 4.21 Å². The first-order valence-corrected chi connectivity index (χ1v) is 11.9. The number of hydrogen-bond donors (Lipinski definition) is 1. The lowest BCUT2D eigenvalue weighted by molar-refractivity contribution is 0.312. The molecule has 0 fully saturated rings. The fourth-order valence-electron chi connectivity index (χ4n) is 2.68. The van der Waals surface area contributed by atoms with E-state index in [1.807, 2.05) is 42.5 Å². The molecule has 7 heteroatoms. The number of thiol groups is 1. The topological polar surface area (TPSA) is 63.2 Å². The van der Waals surface area contributed by atoms with Crippen LogP contribution in [0.2, 0.25) is 0 Å². The Kier molecular flexibility index (Phi) is 7.96. The number of rotatable bonds is 10. The molecule has 0 bridgehead atoms. The largest absolute Gasteiger partial charge is 0.493 e. The van der Waals surface area contributed by atoms with Crippen molar-refractivity contribution in [2.75, 3.05) is 53.3 Å². The Hall–Kier alpha value is -2.67. The highest BCUT2D eigenvalue weighted by Gasteiger charge is 2.12. The molecule has 0 radical (unpaired) electrons. The van der Waals surface area contributed by atoms with E-state index < -0.39 is 9.93 Å². The second-order valence-corrected chi connectivity index (χ2v) is 10.4. The van der Waals surface area contributed by atoms with Gasteiger partial charge in [0.15, 0.2) is 23.0 Å². The molecule has 0 atom stereocenters. The highest BCUT2D eigenvalue weighted by atomic mass is 32.2. The molecular weight excluding hydrogens is 392 g/mol. The van der Waals surface area contributed by atoms with Crippen LogP contribution >= 0.6 is 0 Å². The van der Waals surface area contributed by atoms with Gasteiger partial charge in [-0.2, -0.15) is 0 Å². The SMILES string of the molecule is COc1ccc(/C=C\c2cc(OC)c(OC)c(OC)c2)cc1OCC[SH](C)(C)=O. The predicted molar refractivity (Wildman–Crippen MR) is 120 cm³/mol. The third-order valence-corrected chi connectivity index (χ3v) is 5.49. The summed E-state index contributed by atoms with van der Waals surface area (Å²) in [6, 6.07) is 9.42. The summed E-state index contributed by atoms with van der Waals surface area (Å²) in [5.74, 6) is 3.51. The molecule has 0 spiro atoms. The van der Waals surface area contributed by atoms with E-state index in [1.54, 1.807) is 41.0 Å². The van der Waals surface area contributed by atoms with Crippen molar-refractivity contribution in [3.63, 3.8) is 0 Å². The second kappa shape index (κ2) is 10.2. The van der Waals surface area contributed by atoms with Crippen molar-refractivity contribution < 1.29 is 27.9 Å². The van der Waals surface area contributed by atoms with Gasteiger partial charge in [-0.3, -0.25) is 4.21 Å². The van der Waals surface area contributed by atoms with E-state index in [0.29, 0.717) is 41.1 Å². The zero-order valence-corrected chi connectivity index (χ0v) is 18.7. The summed E-state index contributed by atoms with van der Waals surface area (Å²) in [6.07, 6.45) is 7.41. The number of methoxy groups -OCH3 is 4. The molecule has 2 rings (SSSR count). The summed E-state index contributed by atoms with van der Waals surface area (Å²) in [6.45, 7) is 0.376. The molecular formula is C22H30O6S. The van der Waals surface area contributed by atoms with E-state index in [2.05, 4.69) is 0 Å². The second-order valence-electron chi connectivity index (χ2n) is 6.85. The van der Waals surface area contributed by atoms with Crippen molar-refractivity contribution in [1.29, 1.82) is 0 Å². The standard InChI is InChI=1S/C22H30O6S/c1-24-18-10-9-16(13-19(18)28-11-12-29(5,6)23)7-8-17-14-20(25-2)22(27-4)21(15-17)26-3/h7-10,13-15,29H,11-12H2,1-6H3/b8-7-. The van der Waals surface area contributed by atoms with Gasteiger partial charge in [-0.05, 0) is 47.9 Å². The first-order valence-electron chi connectivity index (χ1n) is 9.14. The lowest BCUT2D eigenvalue weighted by Gasteiger charge is -2.15. The molecule has 0 aliphatic rings. The maximum Gasteiger partial charge on any atom is 0.203 e. The summed E-state index contributed by atoms with van der Waals surface area (Å²) >= 11 is 0. The molecule has 0 amide bonds. The minimum Gasteiger partial charge on any atom is -0.493 e. The van der Waals surface area contributed by atoms with Gasteiger partial charge in [0.05, 0.1) is 35.0 Å². The molecule has 0 saturated carbocycles. The molecule has 0 N–H and O–H groups in total. The van der Waals surface area contributed by atoms with E-state index >= 15 is 0 Å². The van der Waals surface area contributed by atoms with Gasteiger partial charge in [-0.15, -0.1) is 9.93 Å². The summed E-state index contributed by atoms with van der Waals surface area (Å²) in [5.41, 5.74) is 1.83. The number of benzene rings is 2. The van der Waals surface area contributed by atoms with Gasteiger partial charge in [0.1, 0.15) is 0 Å². The minimum absolute atomic E-state index is 0.376. The lowest BCUT2D eigenvalue weighted by atomic mass is 10.1. The molecule has 29 heavy (non-hydrogen) atoms. The van der Waals surface area contributed by atoms with Crippen LogP contribution in [-0.4, -0.2) is 57.5 Å². The van der Waals surface area contributed by atoms with Crippen molar-refractivity contribution in [1.82, 2.24) is 0 Å². The van der Waals surface area contributed by atoms with Crippen LogP contribution in [0.4, 0.5) is 0 Å². The Morgan fingerprint density at radius 1 is 0.759 bits per heavy atom. The zero-order valence-electron chi connectivity index (χ0n) is 17.9. The average molecular weight is 423 g/mol. The van der Waals surface area contributed by atoms with Crippen LogP contribution in [0.5, 0.6) is 28.7 Å². The summed E-state index contributed by atoms with van der Waals surface area (Å²) < 4.78 is 39.2. The van der Waals surface area contributed by atoms with Crippen molar-refractivity contribution in [3.05, 3.63) is 41.5 Å². The Morgan fingerprint density at radius 2 is 1.31 bits per heavy atom. The average Bonchev–Trinajstić information content (AvgIpc) is 2.70. The van der Waals surface area contributed by atoms with Crippen LogP contribution in [0.1, 0.15) is 11.1 Å². The third-order valence-electron chi connectivity index (χ3n) is 4.23. The minimum atomic E-state index is -2.13. The quantitative estimate of drug-likeness (QED) is 0.467. The van der Waals surface area contributed by atoms with Crippen LogP contribution in [-0.2, 0) is 9.93 Å². The van der Waals surface area contributed by atoms with Gasteiger partial charge >= 0.3 is 0 Å². The Bertz CT molecular complexity index is 875. The Morgan fingerprint density at radius 3 is 1.83 bits per heavy atom. The van der Waals surface area contributed by atoms with Gasteiger partial charge < -0.3 is 23.7 Å². The van der Waals surface area contributed by atoms with Crippen molar-refractivity contribution >= 4 is 22.1 Å². The van der Waals surface area contributed by atoms with Crippen molar-refractivity contribution in [2.24, 2.45) is 0 Å². The Balaban J connectivity index is 2.26. The van der Waals surface area contributed by atoms with Gasteiger partial charge in [0, 0.05) is 5.75 Å². The maximum atomic E-state index is 11.9. The number of hydrogen-bond acceptors (Lipinski definition) is 6. The molecule has 2 aromatic rings. The van der Waals surface area contributed by atoms with Crippen LogP contribution < -0.4 is 23.7 Å². The van der Waals surface area contributed by atoms with E-state index in [-0.39, 0.29) is 0 Å². The fraction of sp³-hybridized carbons (Fsp3) is 0.364. The van der Waals surface area contributed by atoms with E-state index in [1.165, 1.54) is 0 Å². The van der Waals surface area contributed by atoms with Crippen LogP contribution in [0, 0.1) is 0 Å². The zero-order chi connectivity index (χ0) is 21.4. The molecule has 0 aliphatic heterocycles. The molecule has 6 nitrogen and oxygen atoms in total. The van der Waals surface area contributed by atoms with Crippen molar-refractivity contribution in [3.8, 4) is 28.7 Å². The smallest absolute Gasteiger partial charge is 0.203 e. The lowest BCUT2D eigenvalue weighted by Crippen LogP contribution is -2.18. The highest BCUT2D eigenvalue weighted by Crippen LogP contribution is 2.38. The third kappa shape index (κ3) is 6.42. The predicted octanol–water partition coefficient (Wildman–Crippen LogP) is 3.55. The molecule has 0 aromatic heterocycles. The molecule has 0 unspecified atom stereocenters. The normalized spacial score (nSPS) is 11.9. The molecule has 160 valence electrons. The first-order chi connectivity index (χ1) is 13.8.